The van der Waals surface area contributed by atoms with Crippen molar-refractivity contribution < 1.29 is 0 Å². The van der Waals surface area contributed by atoms with Gasteiger partial charge >= 0.3 is 0 Å². The zero-order valence-electron chi connectivity index (χ0n) is 38.3. The van der Waals surface area contributed by atoms with Gasteiger partial charge in [-0.1, -0.05) is 237 Å². The van der Waals surface area contributed by atoms with Crippen LogP contribution < -0.4 is 51.3 Å². The number of rotatable bonds is 8. The summed E-state index contributed by atoms with van der Waals surface area (Å²) >= 11 is 0. The Balaban J connectivity index is 0.977. The van der Waals surface area contributed by atoms with E-state index >= 15 is 0 Å². The van der Waals surface area contributed by atoms with E-state index in [1.165, 1.54) is 52.9 Å². The number of hydrogen-bond donors (Lipinski definition) is 0. The molecule has 11 aromatic rings. The van der Waals surface area contributed by atoms with E-state index in [0.29, 0.717) is 5.95 Å². The van der Waals surface area contributed by atoms with Crippen LogP contribution in [-0.4, -0.2) is 26.1 Å². The van der Waals surface area contributed by atoms with Crippen LogP contribution in [0.4, 0.5) is 34.4 Å². The molecule has 1 aromatic heterocycles. The Hall–Kier alpha value is -8.69. The largest absolute Gasteiger partial charge is 0.311 e. The fourth-order valence-corrected chi connectivity index (χ4v) is 21.7. The summed E-state index contributed by atoms with van der Waals surface area (Å²) in [6.07, 6.45) is 0. The fraction of sp³-hybridized carbons (Fsp3) is 0. The van der Waals surface area contributed by atoms with Gasteiger partial charge < -0.3 is 4.90 Å². The molecule has 4 nitrogen and oxygen atoms in total. The standard InChI is InChI=1S/C64H46N4Si2/c1-6-24-47(25-7-1)54-46-55(66-64(65-54)68-58-36-18-22-40-62(58)70(52-30-12-4-13-31-52,53-32-14-5-15-33-53)63-41-23-19-37-59(63)68)48-42-44-49(45-43-48)67-56-34-16-20-38-60(56)69(50-26-8-2-9-27-50,51-28-10-3-11-29-51)61-39-21-17-35-57(61)67/h1-46H. The molecule has 0 atom stereocenters. The monoisotopic (exact) mass is 926 g/mol. The average molecular weight is 927 g/mol. The van der Waals surface area contributed by atoms with Crippen molar-refractivity contribution in [1.29, 1.82) is 0 Å². The third-order valence-corrected chi connectivity index (χ3v) is 24.1. The quantitative estimate of drug-likeness (QED) is 0.142. The van der Waals surface area contributed by atoms with Crippen LogP contribution in [0.5, 0.6) is 0 Å². The second-order valence-corrected chi connectivity index (χ2v) is 25.5. The van der Waals surface area contributed by atoms with Gasteiger partial charge in [-0.25, -0.2) is 9.97 Å². The number of aromatic nitrogens is 2. The molecule has 0 saturated carbocycles. The minimum atomic E-state index is -2.83. The van der Waals surface area contributed by atoms with Crippen molar-refractivity contribution in [2.24, 2.45) is 0 Å². The van der Waals surface area contributed by atoms with Crippen LogP contribution in [0.3, 0.4) is 0 Å². The molecule has 2 aliphatic heterocycles. The summed E-state index contributed by atoms with van der Waals surface area (Å²) in [4.78, 5) is 15.8. The van der Waals surface area contributed by atoms with Gasteiger partial charge in [0.25, 0.3) is 0 Å². The highest BCUT2D eigenvalue weighted by molar-refractivity contribution is 7.22. The molecular weight excluding hydrogens is 881 g/mol. The molecule has 13 rings (SSSR count). The van der Waals surface area contributed by atoms with E-state index < -0.39 is 16.1 Å². The molecule has 6 heteroatoms. The molecule has 0 fully saturated rings. The van der Waals surface area contributed by atoms with Crippen molar-refractivity contribution in [2.75, 3.05) is 9.80 Å². The summed E-state index contributed by atoms with van der Waals surface area (Å²) < 4.78 is 0. The predicted molar refractivity (Wildman–Crippen MR) is 297 cm³/mol. The molecule has 3 heterocycles. The van der Waals surface area contributed by atoms with Gasteiger partial charge in [0.2, 0.25) is 5.95 Å². The molecule has 0 spiro atoms. The molecular formula is C64H46N4Si2. The molecule has 0 N–H and O–H groups in total. The lowest BCUT2D eigenvalue weighted by Crippen LogP contribution is -2.77. The Morgan fingerprint density at radius 3 is 0.900 bits per heavy atom. The SMILES string of the molecule is c1ccc(-c2cc(-c3ccc(N4c5ccccc5[Si](c5ccccc5)(c5ccccc5)c5ccccc54)cc3)nc(N3c4ccccc4[Si](c4ccccc4)(c4ccccc4)c4ccccc43)n2)cc1. The number of nitrogens with zero attached hydrogens (tertiary/aromatic N) is 4. The number of fused-ring (bicyclic) bond motifs is 4. The lowest BCUT2D eigenvalue weighted by Gasteiger charge is -2.45. The number of anilines is 6. The third kappa shape index (κ3) is 6.42. The van der Waals surface area contributed by atoms with E-state index in [4.69, 9.17) is 9.97 Å². The highest BCUT2D eigenvalue weighted by atomic mass is 28.3. The van der Waals surface area contributed by atoms with Gasteiger partial charge in [-0.15, -0.1) is 0 Å². The van der Waals surface area contributed by atoms with E-state index in [1.807, 2.05) is 0 Å². The van der Waals surface area contributed by atoms with Crippen molar-refractivity contribution in [1.82, 2.24) is 9.97 Å². The first-order chi connectivity index (χ1) is 34.7. The van der Waals surface area contributed by atoms with Gasteiger partial charge in [0.15, 0.2) is 16.1 Å². The highest BCUT2D eigenvalue weighted by Gasteiger charge is 2.50. The second kappa shape index (κ2) is 17.1. The van der Waals surface area contributed by atoms with Gasteiger partial charge in [0.05, 0.1) is 11.4 Å². The van der Waals surface area contributed by atoms with E-state index in [1.54, 1.807) is 0 Å². The summed E-state index contributed by atoms with van der Waals surface area (Å²) in [5, 5.41) is 10.8. The number of para-hydroxylation sites is 4. The van der Waals surface area contributed by atoms with Crippen molar-refractivity contribution in [3.05, 3.63) is 279 Å². The Morgan fingerprint density at radius 2 is 0.543 bits per heavy atom. The zero-order chi connectivity index (χ0) is 46.5. The Labute approximate surface area is 411 Å². The molecule has 0 radical (unpaired) electrons. The Morgan fingerprint density at radius 1 is 0.257 bits per heavy atom. The summed E-state index contributed by atoms with van der Waals surface area (Å²) in [5.74, 6) is 0.631. The first kappa shape index (κ1) is 41.5. The van der Waals surface area contributed by atoms with E-state index in [2.05, 4.69) is 289 Å². The Bertz CT molecular complexity index is 3490. The molecule has 0 amide bonds. The first-order valence-electron chi connectivity index (χ1n) is 24.0. The average Bonchev–Trinajstić information content (AvgIpc) is 3.45. The van der Waals surface area contributed by atoms with Crippen molar-refractivity contribution in [3.8, 4) is 22.5 Å². The van der Waals surface area contributed by atoms with Crippen LogP contribution in [-0.2, 0) is 0 Å². The third-order valence-electron chi connectivity index (χ3n) is 14.4. The van der Waals surface area contributed by atoms with Crippen LogP contribution in [0.2, 0.25) is 0 Å². The van der Waals surface area contributed by atoms with Gasteiger partial charge in [-0.2, -0.15) is 0 Å². The minimum absolute atomic E-state index is 0.631. The second-order valence-electron chi connectivity index (χ2n) is 18.1. The smallest absolute Gasteiger partial charge is 0.235 e. The van der Waals surface area contributed by atoms with Crippen LogP contribution in [0, 0.1) is 0 Å². The topological polar surface area (TPSA) is 32.3 Å². The molecule has 330 valence electrons. The normalized spacial score (nSPS) is 13.9. The lowest BCUT2D eigenvalue weighted by molar-refractivity contribution is 1.09. The summed E-state index contributed by atoms with van der Waals surface area (Å²) in [7, 11) is -5.56. The highest BCUT2D eigenvalue weighted by Crippen LogP contribution is 2.41. The fourth-order valence-electron chi connectivity index (χ4n) is 11.5. The summed E-state index contributed by atoms with van der Waals surface area (Å²) in [5.41, 5.74) is 9.45. The maximum Gasteiger partial charge on any atom is 0.235 e. The van der Waals surface area contributed by atoms with Crippen LogP contribution in [0.15, 0.2) is 279 Å². The maximum atomic E-state index is 5.57. The first-order valence-corrected chi connectivity index (χ1v) is 28.0. The van der Waals surface area contributed by atoms with E-state index in [-0.39, 0.29) is 0 Å². The van der Waals surface area contributed by atoms with Crippen molar-refractivity contribution in [3.63, 3.8) is 0 Å². The van der Waals surface area contributed by atoms with Gasteiger partial charge in [-0.05, 0) is 84.0 Å². The van der Waals surface area contributed by atoms with Crippen molar-refractivity contribution in [2.45, 2.75) is 0 Å². The van der Waals surface area contributed by atoms with Crippen LogP contribution >= 0.6 is 0 Å². The van der Waals surface area contributed by atoms with E-state index in [0.717, 1.165) is 39.6 Å². The zero-order valence-corrected chi connectivity index (χ0v) is 40.3. The van der Waals surface area contributed by atoms with Crippen LogP contribution in [0.1, 0.15) is 0 Å². The summed E-state index contributed by atoms with van der Waals surface area (Å²) in [6, 6.07) is 102. The molecule has 0 unspecified atom stereocenters. The minimum Gasteiger partial charge on any atom is -0.311 e. The molecule has 2 aliphatic rings. The van der Waals surface area contributed by atoms with Gasteiger partial charge in [-0.3, -0.25) is 4.90 Å². The maximum absolute atomic E-state index is 5.57. The molecule has 70 heavy (non-hydrogen) atoms. The van der Waals surface area contributed by atoms with Crippen LogP contribution in [0.25, 0.3) is 22.5 Å². The summed E-state index contributed by atoms with van der Waals surface area (Å²) in [6.45, 7) is 0. The molecule has 10 aromatic carbocycles. The number of hydrogen-bond acceptors (Lipinski definition) is 4. The molecule has 0 aliphatic carbocycles. The van der Waals surface area contributed by atoms with E-state index in [9.17, 15) is 0 Å². The van der Waals surface area contributed by atoms with Crippen molar-refractivity contribution >= 4 is 92.0 Å². The van der Waals surface area contributed by atoms with Gasteiger partial charge in [0, 0.05) is 39.6 Å². The Kier molecular flexibility index (Phi) is 10.2. The number of benzene rings is 10. The lowest BCUT2D eigenvalue weighted by atomic mass is 10.1. The molecule has 0 saturated heterocycles. The molecule has 0 bridgehead atoms. The predicted octanol–water partition coefficient (Wildman–Crippen LogP) is 10.1. The van der Waals surface area contributed by atoms with Gasteiger partial charge in [0.1, 0.15) is 0 Å².